The Labute approximate surface area is 148 Å². The van der Waals surface area contributed by atoms with Gasteiger partial charge in [0.25, 0.3) is 5.91 Å². The molecule has 26 heavy (non-hydrogen) atoms. The standard InChI is InChI=1S/C18H18F3N3O2/c1-11-5-7-26-16(11)17(25)23-6-4-12-9-24(14(12)10-23)15-3-2-13(8-22-15)18(19,20)21/h2-3,5,7-8,12,14H,4,6,9-10H2,1H3/t12-,14-/m0/s1. The summed E-state index contributed by atoms with van der Waals surface area (Å²) in [5.41, 5.74) is 0.0408. The summed E-state index contributed by atoms with van der Waals surface area (Å²) in [6.07, 6.45) is -1.16. The summed E-state index contributed by atoms with van der Waals surface area (Å²) in [6, 6.07) is 4.28. The third kappa shape index (κ3) is 2.83. The van der Waals surface area contributed by atoms with E-state index in [4.69, 9.17) is 4.42 Å². The van der Waals surface area contributed by atoms with E-state index in [1.165, 1.54) is 12.3 Å². The lowest BCUT2D eigenvalue weighted by Crippen LogP contribution is -2.65. The van der Waals surface area contributed by atoms with Crippen molar-refractivity contribution in [1.29, 1.82) is 0 Å². The van der Waals surface area contributed by atoms with Crippen LogP contribution in [0.3, 0.4) is 0 Å². The number of carbonyl (C=O) groups is 1. The smallest absolute Gasteiger partial charge is 0.417 e. The van der Waals surface area contributed by atoms with Gasteiger partial charge < -0.3 is 14.2 Å². The van der Waals surface area contributed by atoms with Crippen molar-refractivity contribution < 1.29 is 22.4 Å². The van der Waals surface area contributed by atoms with Gasteiger partial charge in [-0.2, -0.15) is 13.2 Å². The van der Waals surface area contributed by atoms with Gasteiger partial charge in [-0.05, 0) is 31.5 Å². The van der Waals surface area contributed by atoms with Crippen molar-refractivity contribution in [3.63, 3.8) is 0 Å². The average molecular weight is 365 g/mol. The predicted molar refractivity (Wildman–Crippen MR) is 87.8 cm³/mol. The van der Waals surface area contributed by atoms with E-state index in [-0.39, 0.29) is 11.9 Å². The van der Waals surface area contributed by atoms with Crippen LogP contribution in [0.5, 0.6) is 0 Å². The summed E-state index contributed by atoms with van der Waals surface area (Å²) in [7, 11) is 0. The lowest BCUT2D eigenvalue weighted by Gasteiger charge is -2.53. The minimum absolute atomic E-state index is 0.0761. The number of pyridine rings is 1. The van der Waals surface area contributed by atoms with Gasteiger partial charge in [0, 0.05) is 37.3 Å². The summed E-state index contributed by atoms with van der Waals surface area (Å²) in [6.45, 7) is 3.76. The van der Waals surface area contributed by atoms with Gasteiger partial charge in [0.15, 0.2) is 5.76 Å². The Morgan fingerprint density at radius 3 is 2.69 bits per heavy atom. The minimum Gasteiger partial charge on any atom is -0.459 e. The van der Waals surface area contributed by atoms with Gasteiger partial charge in [0.2, 0.25) is 0 Å². The zero-order valence-electron chi connectivity index (χ0n) is 14.2. The fourth-order valence-electron chi connectivity index (χ4n) is 3.70. The van der Waals surface area contributed by atoms with Crippen molar-refractivity contribution in [3.05, 3.63) is 47.5 Å². The van der Waals surface area contributed by atoms with Crippen LogP contribution in [-0.4, -0.2) is 41.5 Å². The number of alkyl halides is 3. The van der Waals surface area contributed by atoms with E-state index >= 15 is 0 Å². The van der Waals surface area contributed by atoms with E-state index in [0.29, 0.717) is 30.6 Å². The first kappa shape index (κ1) is 16.9. The highest BCUT2D eigenvalue weighted by molar-refractivity contribution is 5.93. The van der Waals surface area contributed by atoms with E-state index in [0.717, 1.165) is 30.8 Å². The second-order valence-corrected chi connectivity index (χ2v) is 6.86. The largest absolute Gasteiger partial charge is 0.459 e. The fraction of sp³-hybridized carbons (Fsp3) is 0.444. The number of nitrogens with zero attached hydrogens (tertiary/aromatic N) is 3. The lowest BCUT2D eigenvalue weighted by atomic mass is 9.82. The maximum atomic E-state index is 12.7. The molecule has 0 spiro atoms. The number of furan rings is 1. The number of halogens is 3. The molecule has 2 fully saturated rings. The highest BCUT2D eigenvalue weighted by Crippen LogP contribution is 2.37. The summed E-state index contributed by atoms with van der Waals surface area (Å²) in [5.74, 6) is 1.16. The Morgan fingerprint density at radius 2 is 2.08 bits per heavy atom. The van der Waals surface area contributed by atoms with Gasteiger partial charge >= 0.3 is 6.18 Å². The third-order valence-electron chi connectivity index (χ3n) is 5.27. The number of fused-ring (bicyclic) bond motifs is 1. The average Bonchev–Trinajstić information content (AvgIpc) is 3.01. The number of amides is 1. The van der Waals surface area contributed by atoms with Crippen LogP contribution >= 0.6 is 0 Å². The maximum Gasteiger partial charge on any atom is 0.417 e. The van der Waals surface area contributed by atoms with E-state index in [2.05, 4.69) is 4.98 Å². The molecule has 2 aliphatic rings. The quantitative estimate of drug-likeness (QED) is 0.819. The van der Waals surface area contributed by atoms with Crippen molar-refractivity contribution in [1.82, 2.24) is 9.88 Å². The van der Waals surface area contributed by atoms with Crippen LogP contribution in [0.1, 0.15) is 28.1 Å². The van der Waals surface area contributed by atoms with E-state index in [9.17, 15) is 18.0 Å². The summed E-state index contributed by atoms with van der Waals surface area (Å²) in [4.78, 5) is 20.3. The molecule has 138 valence electrons. The number of likely N-dealkylation sites (tertiary alicyclic amines) is 1. The molecule has 0 saturated carbocycles. The van der Waals surface area contributed by atoms with Crippen LogP contribution < -0.4 is 4.90 Å². The molecule has 2 saturated heterocycles. The predicted octanol–water partition coefficient (Wildman–Crippen LogP) is 3.35. The number of aryl methyl sites for hydroxylation is 1. The lowest BCUT2D eigenvalue weighted by molar-refractivity contribution is -0.137. The molecule has 2 aromatic heterocycles. The third-order valence-corrected chi connectivity index (χ3v) is 5.27. The minimum atomic E-state index is -4.39. The zero-order chi connectivity index (χ0) is 18.5. The zero-order valence-corrected chi connectivity index (χ0v) is 14.2. The number of aromatic nitrogens is 1. The van der Waals surface area contributed by atoms with Crippen LogP contribution in [0.15, 0.2) is 35.1 Å². The van der Waals surface area contributed by atoms with Gasteiger partial charge in [0.05, 0.1) is 17.9 Å². The highest BCUT2D eigenvalue weighted by atomic mass is 19.4. The van der Waals surface area contributed by atoms with E-state index in [1.807, 2.05) is 11.8 Å². The molecule has 0 aliphatic carbocycles. The van der Waals surface area contributed by atoms with Crippen molar-refractivity contribution in [2.75, 3.05) is 24.5 Å². The molecular weight excluding hydrogens is 347 g/mol. The molecule has 2 atom stereocenters. The molecule has 5 nitrogen and oxygen atoms in total. The van der Waals surface area contributed by atoms with Gasteiger partial charge in [-0.3, -0.25) is 4.79 Å². The summed E-state index contributed by atoms with van der Waals surface area (Å²) >= 11 is 0. The van der Waals surface area contributed by atoms with Gasteiger partial charge in [-0.1, -0.05) is 0 Å². The van der Waals surface area contributed by atoms with Crippen LogP contribution in [-0.2, 0) is 6.18 Å². The number of piperidine rings is 1. The molecule has 2 aromatic rings. The number of hydrogen-bond acceptors (Lipinski definition) is 4. The Bertz CT molecular complexity index is 816. The molecule has 0 aromatic carbocycles. The Morgan fingerprint density at radius 1 is 1.27 bits per heavy atom. The van der Waals surface area contributed by atoms with Crippen molar-refractivity contribution >= 4 is 11.7 Å². The van der Waals surface area contributed by atoms with Crippen LogP contribution in [0, 0.1) is 12.8 Å². The number of hydrogen-bond donors (Lipinski definition) is 0. The highest BCUT2D eigenvalue weighted by Gasteiger charge is 2.44. The van der Waals surface area contributed by atoms with Crippen LogP contribution in [0.2, 0.25) is 0 Å². The van der Waals surface area contributed by atoms with Gasteiger partial charge in [-0.25, -0.2) is 4.98 Å². The Hall–Kier alpha value is -2.51. The molecule has 0 bridgehead atoms. The molecule has 1 amide bonds. The number of carbonyl (C=O) groups excluding carboxylic acids is 1. The topological polar surface area (TPSA) is 49.6 Å². The Kier molecular flexibility index (Phi) is 3.93. The summed E-state index contributed by atoms with van der Waals surface area (Å²) in [5, 5.41) is 0. The van der Waals surface area contributed by atoms with Crippen molar-refractivity contribution in [2.45, 2.75) is 25.6 Å². The molecule has 0 unspecified atom stereocenters. The maximum absolute atomic E-state index is 12.7. The van der Waals surface area contributed by atoms with Crippen LogP contribution in [0.25, 0.3) is 0 Å². The number of rotatable bonds is 2. The first-order chi connectivity index (χ1) is 12.3. The second-order valence-electron chi connectivity index (χ2n) is 6.86. The summed E-state index contributed by atoms with van der Waals surface area (Å²) < 4.78 is 43.3. The molecule has 2 aliphatic heterocycles. The monoisotopic (exact) mass is 365 g/mol. The van der Waals surface area contributed by atoms with E-state index < -0.39 is 11.7 Å². The molecule has 8 heteroatoms. The normalized spacial score (nSPS) is 22.8. The second kappa shape index (κ2) is 6.03. The SMILES string of the molecule is Cc1ccoc1C(=O)N1CC[C@H]2CN(c3ccc(C(F)(F)F)cn3)[C@H]2C1. The van der Waals surface area contributed by atoms with Crippen LogP contribution in [0.4, 0.5) is 19.0 Å². The fourth-order valence-corrected chi connectivity index (χ4v) is 3.70. The first-order valence-corrected chi connectivity index (χ1v) is 8.48. The molecule has 0 N–H and O–H groups in total. The van der Waals surface area contributed by atoms with E-state index in [1.54, 1.807) is 11.0 Å². The molecular formula is C18H18F3N3O2. The molecule has 0 radical (unpaired) electrons. The molecule has 4 heterocycles. The van der Waals surface area contributed by atoms with Gasteiger partial charge in [0.1, 0.15) is 5.82 Å². The first-order valence-electron chi connectivity index (χ1n) is 8.48. The molecule has 4 rings (SSSR count). The van der Waals surface area contributed by atoms with Crippen molar-refractivity contribution in [3.8, 4) is 0 Å². The Balaban J connectivity index is 1.47. The van der Waals surface area contributed by atoms with Gasteiger partial charge in [-0.15, -0.1) is 0 Å². The van der Waals surface area contributed by atoms with Crippen molar-refractivity contribution in [2.24, 2.45) is 5.92 Å². The number of anilines is 1.